The van der Waals surface area contributed by atoms with Gasteiger partial charge in [0, 0.05) is 50.5 Å². The first-order chi connectivity index (χ1) is 10.6. The zero-order valence-electron chi connectivity index (χ0n) is 12.8. The number of nitro benzene ring substituents is 1. The Bertz CT molecular complexity index is 546. The second kappa shape index (κ2) is 6.50. The van der Waals surface area contributed by atoms with Gasteiger partial charge in [-0.05, 0) is 19.1 Å². The molecule has 2 aliphatic heterocycles. The van der Waals surface area contributed by atoms with Gasteiger partial charge in [0.1, 0.15) is 5.69 Å². The molecule has 0 spiro atoms. The minimum atomic E-state index is -0.297. The maximum absolute atomic E-state index is 11.3. The van der Waals surface area contributed by atoms with Crippen molar-refractivity contribution in [3.05, 3.63) is 28.3 Å². The van der Waals surface area contributed by atoms with Crippen LogP contribution in [0.5, 0.6) is 0 Å². The van der Waals surface area contributed by atoms with Gasteiger partial charge in [-0.1, -0.05) is 0 Å². The van der Waals surface area contributed by atoms with E-state index in [4.69, 9.17) is 4.74 Å². The third kappa shape index (κ3) is 3.15. The third-order valence-electron chi connectivity index (χ3n) is 4.24. The number of piperazine rings is 1. The molecule has 0 aromatic heterocycles. The van der Waals surface area contributed by atoms with Gasteiger partial charge in [0.25, 0.3) is 5.69 Å². The van der Waals surface area contributed by atoms with E-state index in [9.17, 15) is 10.1 Å². The van der Waals surface area contributed by atoms with Crippen LogP contribution < -0.4 is 15.1 Å². The van der Waals surface area contributed by atoms with Crippen LogP contribution >= 0.6 is 0 Å². The Hall–Kier alpha value is -1.86. The van der Waals surface area contributed by atoms with Gasteiger partial charge < -0.3 is 19.9 Å². The fourth-order valence-electron chi connectivity index (χ4n) is 3.09. The van der Waals surface area contributed by atoms with Gasteiger partial charge in [-0.15, -0.1) is 0 Å². The van der Waals surface area contributed by atoms with Gasteiger partial charge in [0.05, 0.1) is 18.1 Å². The van der Waals surface area contributed by atoms with Crippen LogP contribution in [0, 0.1) is 10.1 Å². The van der Waals surface area contributed by atoms with E-state index < -0.39 is 0 Å². The summed E-state index contributed by atoms with van der Waals surface area (Å²) < 4.78 is 5.35. The van der Waals surface area contributed by atoms with Crippen molar-refractivity contribution < 1.29 is 9.66 Å². The number of rotatable bonds is 3. The SMILES string of the molecule is CC1CN(c2ccc([N+](=O)[O-])c(N3CCOCC3)c2)CCN1. The number of nitrogens with one attached hydrogen (secondary N) is 1. The summed E-state index contributed by atoms with van der Waals surface area (Å²) >= 11 is 0. The van der Waals surface area contributed by atoms with Crippen molar-refractivity contribution in [2.24, 2.45) is 0 Å². The molecule has 2 heterocycles. The quantitative estimate of drug-likeness (QED) is 0.669. The summed E-state index contributed by atoms with van der Waals surface area (Å²) in [6, 6.07) is 5.88. The molecule has 1 N–H and O–H groups in total. The van der Waals surface area contributed by atoms with Gasteiger partial charge >= 0.3 is 0 Å². The van der Waals surface area contributed by atoms with Crippen LogP contribution in [0.25, 0.3) is 0 Å². The van der Waals surface area contributed by atoms with Crippen molar-refractivity contribution >= 4 is 17.1 Å². The lowest BCUT2D eigenvalue weighted by molar-refractivity contribution is -0.384. The average Bonchev–Trinajstić information content (AvgIpc) is 2.55. The number of anilines is 2. The van der Waals surface area contributed by atoms with Crippen molar-refractivity contribution in [3.63, 3.8) is 0 Å². The molecule has 0 bridgehead atoms. The molecule has 2 saturated heterocycles. The third-order valence-corrected chi connectivity index (χ3v) is 4.24. The van der Waals surface area contributed by atoms with Crippen LogP contribution in [0.15, 0.2) is 18.2 Å². The summed E-state index contributed by atoms with van der Waals surface area (Å²) in [5, 5.41) is 14.7. The Balaban J connectivity index is 1.90. The summed E-state index contributed by atoms with van der Waals surface area (Å²) in [4.78, 5) is 15.4. The number of ether oxygens (including phenoxy) is 1. The summed E-state index contributed by atoms with van der Waals surface area (Å²) in [5.41, 5.74) is 1.94. The average molecular weight is 306 g/mol. The van der Waals surface area contributed by atoms with Crippen molar-refractivity contribution in [1.82, 2.24) is 5.32 Å². The van der Waals surface area contributed by atoms with Crippen molar-refractivity contribution in [2.75, 3.05) is 55.7 Å². The van der Waals surface area contributed by atoms with Gasteiger partial charge in [0.2, 0.25) is 0 Å². The maximum atomic E-state index is 11.3. The first-order valence-electron chi connectivity index (χ1n) is 7.74. The second-order valence-corrected chi connectivity index (χ2v) is 5.83. The Morgan fingerprint density at radius 2 is 2.05 bits per heavy atom. The van der Waals surface area contributed by atoms with Crippen molar-refractivity contribution in [2.45, 2.75) is 13.0 Å². The highest BCUT2D eigenvalue weighted by Crippen LogP contribution is 2.33. The topological polar surface area (TPSA) is 70.9 Å². The highest BCUT2D eigenvalue weighted by atomic mass is 16.6. The minimum Gasteiger partial charge on any atom is -0.378 e. The van der Waals surface area contributed by atoms with E-state index in [1.807, 2.05) is 12.1 Å². The molecule has 22 heavy (non-hydrogen) atoms. The molecule has 7 heteroatoms. The van der Waals surface area contributed by atoms with E-state index in [1.54, 1.807) is 6.07 Å². The zero-order valence-corrected chi connectivity index (χ0v) is 12.8. The normalized spacial score (nSPS) is 22.7. The first kappa shape index (κ1) is 15.1. The smallest absolute Gasteiger partial charge is 0.292 e. The molecule has 1 atom stereocenters. The Labute approximate surface area is 130 Å². The molecule has 3 rings (SSSR count). The number of hydrogen-bond acceptors (Lipinski definition) is 6. The van der Waals surface area contributed by atoms with Gasteiger partial charge in [-0.3, -0.25) is 10.1 Å². The minimum absolute atomic E-state index is 0.175. The Kier molecular flexibility index (Phi) is 4.44. The molecule has 1 unspecified atom stereocenters. The monoisotopic (exact) mass is 306 g/mol. The standard InChI is InChI=1S/C15H22N4O3/c1-12-11-18(5-4-16-12)13-2-3-14(19(20)21)15(10-13)17-6-8-22-9-7-17/h2-3,10,12,16H,4-9,11H2,1H3. The fraction of sp³-hybridized carbons (Fsp3) is 0.600. The molecular formula is C15H22N4O3. The first-order valence-corrected chi connectivity index (χ1v) is 7.74. The number of nitro groups is 1. The molecule has 2 aliphatic rings. The molecule has 2 fully saturated rings. The largest absolute Gasteiger partial charge is 0.378 e. The molecule has 1 aromatic rings. The second-order valence-electron chi connectivity index (χ2n) is 5.83. The lowest BCUT2D eigenvalue weighted by Crippen LogP contribution is -2.49. The Morgan fingerprint density at radius 3 is 2.73 bits per heavy atom. The van der Waals surface area contributed by atoms with Crippen molar-refractivity contribution in [3.8, 4) is 0 Å². The molecule has 120 valence electrons. The highest BCUT2D eigenvalue weighted by molar-refractivity contribution is 5.70. The van der Waals surface area contributed by atoms with E-state index in [-0.39, 0.29) is 10.6 Å². The molecular weight excluding hydrogens is 284 g/mol. The predicted octanol–water partition coefficient (Wildman–Crippen LogP) is 1.23. The van der Waals surface area contributed by atoms with Gasteiger partial charge in [-0.2, -0.15) is 0 Å². The Morgan fingerprint density at radius 1 is 1.27 bits per heavy atom. The van der Waals surface area contributed by atoms with Crippen molar-refractivity contribution in [1.29, 1.82) is 0 Å². The number of benzene rings is 1. The van der Waals surface area contributed by atoms with Crippen LogP contribution in [0.2, 0.25) is 0 Å². The van der Waals surface area contributed by atoms with E-state index >= 15 is 0 Å². The predicted molar refractivity (Wildman–Crippen MR) is 85.8 cm³/mol. The lowest BCUT2D eigenvalue weighted by Gasteiger charge is -2.35. The number of morpholine rings is 1. The fourth-order valence-corrected chi connectivity index (χ4v) is 3.09. The summed E-state index contributed by atoms with van der Waals surface area (Å²) in [7, 11) is 0. The molecule has 0 amide bonds. The molecule has 1 aromatic carbocycles. The molecule has 0 aliphatic carbocycles. The number of nitrogens with zero attached hydrogens (tertiary/aromatic N) is 3. The summed E-state index contributed by atoms with van der Waals surface area (Å²) in [6.07, 6.45) is 0. The van der Waals surface area contributed by atoms with Gasteiger partial charge in [-0.25, -0.2) is 0 Å². The van der Waals surface area contributed by atoms with Gasteiger partial charge in [0.15, 0.2) is 0 Å². The number of hydrogen-bond donors (Lipinski definition) is 1. The summed E-state index contributed by atoms with van der Waals surface area (Å²) in [6.45, 7) is 7.55. The zero-order chi connectivity index (χ0) is 15.5. The van der Waals surface area contributed by atoms with Crippen LogP contribution in [0.3, 0.4) is 0 Å². The van der Waals surface area contributed by atoms with E-state index in [2.05, 4.69) is 22.0 Å². The van der Waals surface area contributed by atoms with Crippen LogP contribution in [0.1, 0.15) is 6.92 Å². The van der Waals surface area contributed by atoms with Crippen LogP contribution in [-0.4, -0.2) is 56.9 Å². The molecule has 7 nitrogen and oxygen atoms in total. The molecule has 0 radical (unpaired) electrons. The van der Waals surface area contributed by atoms with Crippen LogP contribution in [-0.2, 0) is 4.74 Å². The molecule has 0 saturated carbocycles. The van der Waals surface area contributed by atoms with E-state index in [1.165, 1.54) is 0 Å². The summed E-state index contributed by atoms with van der Waals surface area (Å²) in [5.74, 6) is 0. The lowest BCUT2D eigenvalue weighted by atomic mass is 10.1. The highest BCUT2D eigenvalue weighted by Gasteiger charge is 2.24. The van der Waals surface area contributed by atoms with E-state index in [0.29, 0.717) is 38.0 Å². The van der Waals surface area contributed by atoms with E-state index in [0.717, 1.165) is 25.3 Å². The maximum Gasteiger partial charge on any atom is 0.292 e. The van der Waals surface area contributed by atoms with Crippen LogP contribution in [0.4, 0.5) is 17.1 Å².